The third-order valence-electron chi connectivity index (χ3n) is 3.71. The summed E-state index contributed by atoms with van der Waals surface area (Å²) in [5.41, 5.74) is 1.64. The summed E-state index contributed by atoms with van der Waals surface area (Å²) in [5, 5.41) is 5.80. The van der Waals surface area contributed by atoms with E-state index >= 15 is 0 Å². The van der Waals surface area contributed by atoms with Gasteiger partial charge in [0.25, 0.3) is 0 Å². The highest BCUT2D eigenvalue weighted by atomic mass is 32.2. The van der Waals surface area contributed by atoms with Crippen molar-refractivity contribution < 1.29 is 23.5 Å². The molecule has 0 bridgehead atoms. The normalized spacial score (nSPS) is 10.4. The minimum Gasteiger partial charge on any atom is -0.462 e. The van der Waals surface area contributed by atoms with Crippen LogP contribution in [0.4, 0.5) is 15.1 Å². The highest BCUT2D eigenvalue weighted by molar-refractivity contribution is 8.00. The quantitative estimate of drug-likeness (QED) is 0.626. The molecule has 1 heterocycles. The molecule has 1 aromatic carbocycles. The number of amides is 2. The molecule has 0 aliphatic rings. The Hall–Kier alpha value is -2.39. The standard InChI is InChI=1S/C19H21FN2O4S2/c1-4-26-19(25)17-11(2)12(3)28-18(17)22-16(24)10-27-9-15(23)21-14-7-5-13(20)6-8-14/h5-8H,4,9-10H2,1-3H3,(H,21,23)(H,22,24). The number of aryl methyl sites for hydroxylation is 1. The van der Waals surface area contributed by atoms with Gasteiger partial charge in [0, 0.05) is 10.6 Å². The lowest BCUT2D eigenvalue weighted by molar-refractivity contribution is -0.114. The number of anilines is 2. The molecule has 2 aromatic rings. The molecule has 0 aliphatic heterocycles. The number of thiophene rings is 1. The first-order valence-corrected chi connectivity index (χ1v) is 10.5. The molecule has 0 spiro atoms. The van der Waals surface area contributed by atoms with Gasteiger partial charge in [0.15, 0.2) is 0 Å². The van der Waals surface area contributed by atoms with Crippen molar-refractivity contribution >= 4 is 51.6 Å². The smallest absolute Gasteiger partial charge is 0.341 e. The van der Waals surface area contributed by atoms with Crippen LogP contribution in [0.25, 0.3) is 0 Å². The first-order chi connectivity index (χ1) is 13.3. The van der Waals surface area contributed by atoms with Gasteiger partial charge in [-0.05, 0) is 50.6 Å². The Kier molecular flexibility index (Phi) is 8.01. The van der Waals surface area contributed by atoms with Crippen LogP contribution in [0, 0.1) is 19.7 Å². The fourth-order valence-corrected chi connectivity index (χ4v) is 3.98. The first-order valence-electron chi connectivity index (χ1n) is 8.52. The maximum absolute atomic E-state index is 12.9. The molecule has 0 aliphatic carbocycles. The predicted octanol–water partition coefficient (Wildman–Crippen LogP) is 3.99. The number of ether oxygens (including phenoxy) is 1. The highest BCUT2D eigenvalue weighted by Gasteiger charge is 2.22. The van der Waals surface area contributed by atoms with E-state index in [-0.39, 0.29) is 35.7 Å². The zero-order valence-corrected chi connectivity index (χ0v) is 17.4. The molecule has 0 saturated heterocycles. The van der Waals surface area contributed by atoms with Gasteiger partial charge in [-0.25, -0.2) is 9.18 Å². The number of halogens is 1. The molecule has 28 heavy (non-hydrogen) atoms. The lowest BCUT2D eigenvalue weighted by Crippen LogP contribution is -2.19. The van der Waals surface area contributed by atoms with E-state index in [2.05, 4.69) is 10.6 Å². The second-order valence-electron chi connectivity index (χ2n) is 5.80. The van der Waals surface area contributed by atoms with Gasteiger partial charge in [0.05, 0.1) is 23.7 Å². The zero-order valence-electron chi connectivity index (χ0n) is 15.8. The van der Waals surface area contributed by atoms with Crippen molar-refractivity contribution in [2.75, 3.05) is 28.7 Å². The van der Waals surface area contributed by atoms with E-state index in [4.69, 9.17) is 4.74 Å². The minimum absolute atomic E-state index is 0.0507. The number of hydrogen-bond acceptors (Lipinski definition) is 6. The lowest BCUT2D eigenvalue weighted by atomic mass is 10.1. The third-order valence-corrected chi connectivity index (χ3v) is 5.77. The summed E-state index contributed by atoms with van der Waals surface area (Å²) in [7, 11) is 0. The van der Waals surface area contributed by atoms with Crippen molar-refractivity contribution in [1.82, 2.24) is 0 Å². The molecule has 6 nitrogen and oxygen atoms in total. The molecule has 0 radical (unpaired) electrons. The van der Waals surface area contributed by atoms with Crippen LogP contribution in [0.2, 0.25) is 0 Å². The summed E-state index contributed by atoms with van der Waals surface area (Å²) < 4.78 is 17.9. The number of thioether (sulfide) groups is 1. The van der Waals surface area contributed by atoms with Gasteiger partial charge >= 0.3 is 5.97 Å². The SMILES string of the molecule is CCOC(=O)c1c(NC(=O)CSCC(=O)Nc2ccc(F)cc2)sc(C)c1C. The Bertz CT molecular complexity index is 866. The van der Waals surface area contributed by atoms with E-state index in [1.807, 2.05) is 13.8 Å². The Labute approximate surface area is 170 Å². The molecular formula is C19H21FN2O4S2. The van der Waals surface area contributed by atoms with Gasteiger partial charge in [-0.3, -0.25) is 9.59 Å². The summed E-state index contributed by atoms with van der Waals surface area (Å²) in [6.45, 7) is 5.65. The molecule has 0 fully saturated rings. The topological polar surface area (TPSA) is 84.5 Å². The van der Waals surface area contributed by atoms with Crippen LogP contribution in [-0.2, 0) is 14.3 Å². The van der Waals surface area contributed by atoms with E-state index in [1.165, 1.54) is 35.6 Å². The molecule has 9 heteroatoms. The molecule has 2 amide bonds. The van der Waals surface area contributed by atoms with Crippen LogP contribution in [-0.4, -0.2) is 35.9 Å². The number of hydrogen-bond donors (Lipinski definition) is 2. The van der Waals surface area contributed by atoms with Crippen LogP contribution in [0.1, 0.15) is 27.7 Å². The van der Waals surface area contributed by atoms with Crippen molar-refractivity contribution in [3.63, 3.8) is 0 Å². The molecule has 0 unspecified atom stereocenters. The van der Waals surface area contributed by atoms with Gasteiger partial charge in [-0.2, -0.15) is 0 Å². The number of rotatable bonds is 8. The number of carbonyl (C=O) groups excluding carboxylic acids is 3. The van der Waals surface area contributed by atoms with E-state index in [0.29, 0.717) is 16.3 Å². The molecular weight excluding hydrogens is 403 g/mol. The second-order valence-corrected chi connectivity index (χ2v) is 8.01. The molecule has 2 rings (SSSR count). The van der Waals surface area contributed by atoms with E-state index in [0.717, 1.165) is 22.2 Å². The summed E-state index contributed by atoms with van der Waals surface area (Å²) >= 11 is 2.45. The number of benzene rings is 1. The maximum Gasteiger partial charge on any atom is 0.341 e. The fraction of sp³-hybridized carbons (Fsp3) is 0.316. The van der Waals surface area contributed by atoms with Crippen molar-refractivity contribution in [3.05, 3.63) is 46.1 Å². The van der Waals surface area contributed by atoms with Gasteiger partial charge in [-0.1, -0.05) is 0 Å². The van der Waals surface area contributed by atoms with Crippen LogP contribution < -0.4 is 10.6 Å². The average Bonchev–Trinajstić information content (AvgIpc) is 2.91. The zero-order chi connectivity index (χ0) is 20.7. The molecule has 1 aromatic heterocycles. The first kappa shape index (κ1) is 21.9. The molecule has 150 valence electrons. The van der Waals surface area contributed by atoms with Crippen LogP contribution in [0.5, 0.6) is 0 Å². The highest BCUT2D eigenvalue weighted by Crippen LogP contribution is 2.33. The summed E-state index contributed by atoms with van der Waals surface area (Å²) in [5.74, 6) is -1.34. The third kappa shape index (κ3) is 6.07. The van der Waals surface area contributed by atoms with E-state index < -0.39 is 5.97 Å². The average molecular weight is 425 g/mol. The maximum atomic E-state index is 12.9. The minimum atomic E-state index is -0.467. The summed E-state index contributed by atoms with van der Waals surface area (Å²) in [6, 6.07) is 5.43. The largest absolute Gasteiger partial charge is 0.462 e. The number of esters is 1. The lowest BCUT2D eigenvalue weighted by Gasteiger charge is -2.07. The predicted molar refractivity (Wildman–Crippen MR) is 111 cm³/mol. The Morgan fingerprint density at radius 2 is 1.68 bits per heavy atom. The van der Waals surface area contributed by atoms with E-state index in [1.54, 1.807) is 6.92 Å². The monoisotopic (exact) mass is 424 g/mol. The van der Waals surface area contributed by atoms with Gasteiger partial charge < -0.3 is 15.4 Å². The van der Waals surface area contributed by atoms with Crippen molar-refractivity contribution in [2.24, 2.45) is 0 Å². The van der Waals surface area contributed by atoms with Crippen molar-refractivity contribution in [1.29, 1.82) is 0 Å². The second kappa shape index (κ2) is 10.2. The van der Waals surface area contributed by atoms with Gasteiger partial charge in [0.1, 0.15) is 10.8 Å². The Morgan fingerprint density at radius 1 is 1.07 bits per heavy atom. The molecule has 0 saturated carbocycles. The molecule has 2 N–H and O–H groups in total. The Morgan fingerprint density at radius 3 is 2.29 bits per heavy atom. The summed E-state index contributed by atoms with van der Waals surface area (Å²) in [4.78, 5) is 37.1. The van der Waals surface area contributed by atoms with Gasteiger partial charge in [0.2, 0.25) is 11.8 Å². The van der Waals surface area contributed by atoms with E-state index in [9.17, 15) is 18.8 Å². The van der Waals surface area contributed by atoms with Gasteiger partial charge in [-0.15, -0.1) is 23.1 Å². The number of carbonyl (C=O) groups is 3. The Balaban J connectivity index is 1.86. The fourth-order valence-electron chi connectivity index (χ4n) is 2.29. The number of nitrogens with one attached hydrogen (secondary N) is 2. The van der Waals surface area contributed by atoms with Crippen molar-refractivity contribution in [3.8, 4) is 0 Å². The summed E-state index contributed by atoms with van der Waals surface area (Å²) in [6.07, 6.45) is 0. The van der Waals surface area contributed by atoms with Crippen LogP contribution in [0.3, 0.4) is 0 Å². The van der Waals surface area contributed by atoms with Crippen LogP contribution in [0.15, 0.2) is 24.3 Å². The van der Waals surface area contributed by atoms with Crippen molar-refractivity contribution in [2.45, 2.75) is 20.8 Å². The molecule has 0 atom stereocenters. The van der Waals surface area contributed by atoms with Crippen LogP contribution >= 0.6 is 23.1 Å².